The number of aryl methyl sites for hydroxylation is 1. The van der Waals surface area contributed by atoms with Crippen molar-refractivity contribution in [1.82, 2.24) is 15.5 Å². The first-order chi connectivity index (χ1) is 16.0. The zero-order chi connectivity index (χ0) is 24.8. The summed E-state index contributed by atoms with van der Waals surface area (Å²) in [6.07, 6.45) is -8.51. The Morgan fingerprint density at radius 3 is 2.44 bits per heavy atom. The van der Waals surface area contributed by atoms with Crippen molar-refractivity contribution in [1.29, 1.82) is 0 Å². The minimum atomic E-state index is -4.68. The fourth-order valence-electron chi connectivity index (χ4n) is 3.13. The smallest absolute Gasteiger partial charge is 0.484 e. The molecule has 1 aromatic carbocycles. The molecule has 2 heterocycles. The molecule has 34 heavy (non-hydrogen) atoms. The van der Waals surface area contributed by atoms with E-state index in [-0.39, 0.29) is 49.6 Å². The lowest BCUT2D eigenvalue weighted by Gasteiger charge is -2.27. The standard InChI is InChI=1S/C20H21F6N3O5/c21-19(22,23)12-3-6-14(7-4-12)31-11-16(30)27-13-5-8-15(32-10-13)18-29-28-17(34-18)2-1-9-33-20(24,25)26/h3-4,6-7,13,15H,1-2,5,8-11H2,(H,27,30)/t13-,15+/m1/s1. The lowest BCUT2D eigenvalue weighted by Crippen LogP contribution is -2.43. The molecule has 1 aromatic heterocycles. The number of benzene rings is 1. The van der Waals surface area contributed by atoms with Crippen LogP contribution in [0.2, 0.25) is 0 Å². The van der Waals surface area contributed by atoms with Gasteiger partial charge in [0, 0.05) is 6.42 Å². The number of hydrogen-bond acceptors (Lipinski definition) is 7. The number of ether oxygens (including phenoxy) is 3. The molecule has 0 radical (unpaired) electrons. The van der Waals surface area contributed by atoms with Crippen LogP contribution < -0.4 is 10.1 Å². The van der Waals surface area contributed by atoms with E-state index in [2.05, 4.69) is 20.3 Å². The van der Waals surface area contributed by atoms with Gasteiger partial charge in [0.25, 0.3) is 5.91 Å². The monoisotopic (exact) mass is 497 g/mol. The molecule has 2 aromatic rings. The quantitative estimate of drug-likeness (QED) is 0.414. The second-order valence-corrected chi connectivity index (χ2v) is 7.41. The highest BCUT2D eigenvalue weighted by Crippen LogP contribution is 2.30. The maximum Gasteiger partial charge on any atom is 0.522 e. The Hall–Kier alpha value is -2.87. The molecule has 2 atom stereocenters. The summed E-state index contributed by atoms with van der Waals surface area (Å²) in [7, 11) is 0. The van der Waals surface area contributed by atoms with Gasteiger partial charge >= 0.3 is 12.5 Å². The summed E-state index contributed by atoms with van der Waals surface area (Å²) in [4.78, 5) is 12.1. The maximum absolute atomic E-state index is 12.6. The number of rotatable bonds is 9. The molecule has 0 spiro atoms. The lowest BCUT2D eigenvalue weighted by molar-refractivity contribution is -0.324. The number of aromatic nitrogens is 2. The summed E-state index contributed by atoms with van der Waals surface area (Å²) < 4.78 is 93.5. The molecule has 0 aliphatic carbocycles. The lowest BCUT2D eigenvalue weighted by atomic mass is 10.0. The van der Waals surface area contributed by atoms with Crippen LogP contribution in [0.4, 0.5) is 26.3 Å². The molecule has 0 bridgehead atoms. The van der Waals surface area contributed by atoms with E-state index in [4.69, 9.17) is 13.9 Å². The van der Waals surface area contributed by atoms with Crippen molar-refractivity contribution < 1.29 is 49.8 Å². The summed E-state index contributed by atoms with van der Waals surface area (Å²) in [5.74, 6) is 0.0238. The van der Waals surface area contributed by atoms with E-state index in [1.54, 1.807) is 0 Å². The fraction of sp³-hybridized carbons (Fsp3) is 0.550. The molecule has 3 rings (SSSR count). The average molecular weight is 497 g/mol. The molecule has 188 valence electrons. The third kappa shape index (κ3) is 8.17. The molecule has 1 aliphatic heterocycles. The molecular formula is C20H21F6N3O5. The molecule has 1 N–H and O–H groups in total. The summed E-state index contributed by atoms with van der Waals surface area (Å²) in [6, 6.07) is 3.67. The Bertz CT molecular complexity index is 924. The average Bonchev–Trinajstić information content (AvgIpc) is 3.24. The highest BCUT2D eigenvalue weighted by Gasteiger charge is 2.31. The van der Waals surface area contributed by atoms with Crippen molar-refractivity contribution in [2.75, 3.05) is 19.8 Å². The van der Waals surface area contributed by atoms with E-state index >= 15 is 0 Å². The first-order valence-corrected chi connectivity index (χ1v) is 10.2. The Labute approximate surface area is 189 Å². The largest absolute Gasteiger partial charge is 0.522 e. The molecule has 8 nitrogen and oxygen atoms in total. The number of hydrogen-bond donors (Lipinski definition) is 1. The van der Waals surface area contributed by atoms with Gasteiger partial charge in [-0.3, -0.25) is 9.53 Å². The first kappa shape index (κ1) is 25.7. The van der Waals surface area contributed by atoms with Gasteiger partial charge < -0.3 is 19.2 Å². The van der Waals surface area contributed by atoms with Crippen LogP contribution in [0.1, 0.15) is 42.7 Å². The number of nitrogens with zero attached hydrogens (tertiary/aromatic N) is 2. The van der Waals surface area contributed by atoms with Gasteiger partial charge in [0.15, 0.2) is 6.61 Å². The third-order valence-electron chi connectivity index (χ3n) is 4.75. The van der Waals surface area contributed by atoms with Crippen molar-refractivity contribution in [2.45, 2.75) is 50.4 Å². The summed E-state index contributed by atoms with van der Waals surface area (Å²) in [5.41, 5.74) is -0.818. The molecule has 1 saturated heterocycles. The summed E-state index contributed by atoms with van der Waals surface area (Å²) in [6.45, 7) is -0.755. The summed E-state index contributed by atoms with van der Waals surface area (Å²) >= 11 is 0. The van der Waals surface area contributed by atoms with Gasteiger partial charge in [0.05, 0.1) is 24.8 Å². The van der Waals surface area contributed by atoms with Gasteiger partial charge in [-0.05, 0) is 43.5 Å². The van der Waals surface area contributed by atoms with Crippen LogP contribution in [-0.2, 0) is 26.9 Å². The zero-order valence-electron chi connectivity index (χ0n) is 17.6. The van der Waals surface area contributed by atoms with Crippen molar-refractivity contribution in [3.63, 3.8) is 0 Å². The van der Waals surface area contributed by atoms with E-state index in [9.17, 15) is 31.1 Å². The van der Waals surface area contributed by atoms with E-state index in [1.807, 2.05) is 0 Å². The highest BCUT2D eigenvalue weighted by molar-refractivity contribution is 5.77. The molecule has 14 heteroatoms. The number of amides is 1. The molecule has 1 fully saturated rings. The van der Waals surface area contributed by atoms with E-state index < -0.39 is 36.7 Å². The maximum atomic E-state index is 12.6. The molecule has 0 unspecified atom stereocenters. The normalized spacial score (nSPS) is 19.1. The Kier molecular flexibility index (Phi) is 8.36. The van der Waals surface area contributed by atoms with Gasteiger partial charge in [0.1, 0.15) is 11.9 Å². The van der Waals surface area contributed by atoms with E-state index in [0.717, 1.165) is 24.3 Å². The SMILES string of the molecule is O=C(COc1ccc(C(F)(F)F)cc1)N[C@@H]1CC[C@@H](c2nnc(CCCOC(F)(F)F)o2)OC1. The van der Waals surface area contributed by atoms with Crippen molar-refractivity contribution in [2.24, 2.45) is 0 Å². The minimum absolute atomic E-state index is 0.0509. The van der Waals surface area contributed by atoms with Gasteiger partial charge in [-0.25, -0.2) is 0 Å². The fourth-order valence-corrected chi connectivity index (χ4v) is 3.13. The molecular weight excluding hydrogens is 476 g/mol. The van der Waals surface area contributed by atoms with Gasteiger partial charge in [-0.1, -0.05) is 0 Å². The number of nitrogens with one attached hydrogen (secondary N) is 1. The van der Waals surface area contributed by atoms with Crippen molar-refractivity contribution in [3.05, 3.63) is 41.6 Å². The Morgan fingerprint density at radius 1 is 1.09 bits per heavy atom. The summed E-state index contributed by atoms with van der Waals surface area (Å²) in [5, 5.41) is 10.3. The topological polar surface area (TPSA) is 95.7 Å². The number of alkyl halides is 6. The second-order valence-electron chi connectivity index (χ2n) is 7.41. The second kappa shape index (κ2) is 11.0. The van der Waals surface area contributed by atoms with Crippen LogP contribution in [0.15, 0.2) is 28.7 Å². The van der Waals surface area contributed by atoms with Crippen LogP contribution >= 0.6 is 0 Å². The van der Waals surface area contributed by atoms with Crippen molar-refractivity contribution >= 4 is 5.91 Å². The van der Waals surface area contributed by atoms with Crippen LogP contribution in [0.25, 0.3) is 0 Å². The predicted molar refractivity (Wildman–Crippen MR) is 101 cm³/mol. The molecule has 0 saturated carbocycles. The first-order valence-electron chi connectivity index (χ1n) is 10.2. The number of carbonyl (C=O) groups excluding carboxylic acids is 1. The van der Waals surface area contributed by atoms with Gasteiger partial charge in [-0.2, -0.15) is 13.2 Å². The van der Waals surface area contributed by atoms with Crippen LogP contribution in [0, 0.1) is 0 Å². The van der Waals surface area contributed by atoms with E-state index in [0.29, 0.717) is 12.8 Å². The number of halogens is 6. The van der Waals surface area contributed by atoms with Gasteiger partial charge in [-0.15, -0.1) is 23.4 Å². The zero-order valence-corrected chi connectivity index (χ0v) is 17.6. The minimum Gasteiger partial charge on any atom is -0.484 e. The van der Waals surface area contributed by atoms with Crippen LogP contribution in [0.3, 0.4) is 0 Å². The Balaban J connectivity index is 1.35. The van der Waals surface area contributed by atoms with Gasteiger partial charge in [0.2, 0.25) is 11.8 Å². The molecule has 1 amide bonds. The van der Waals surface area contributed by atoms with Crippen LogP contribution in [0.5, 0.6) is 5.75 Å². The third-order valence-corrected chi connectivity index (χ3v) is 4.75. The van der Waals surface area contributed by atoms with E-state index in [1.165, 1.54) is 0 Å². The van der Waals surface area contributed by atoms with Crippen molar-refractivity contribution in [3.8, 4) is 5.75 Å². The molecule has 1 aliphatic rings. The van der Waals surface area contributed by atoms with Crippen LogP contribution in [-0.4, -0.2) is 48.3 Å². The number of carbonyl (C=O) groups is 1. The highest BCUT2D eigenvalue weighted by atomic mass is 19.4. The Morgan fingerprint density at radius 2 is 1.82 bits per heavy atom. The predicted octanol–water partition coefficient (Wildman–Crippen LogP) is 3.97.